The number of rotatable bonds is 1. The molecule has 28 heavy (non-hydrogen) atoms. The first-order chi connectivity index (χ1) is 12.8. The first kappa shape index (κ1) is 19.8. The quantitative estimate of drug-likeness (QED) is 0.617. The molecule has 4 aliphatic rings. The van der Waals surface area contributed by atoms with Crippen molar-refractivity contribution >= 4 is 5.78 Å². The van der Waals surface area contributed by atoms with E-state index in [1.54, 1.807) is 12.2 Å². The number of carbonyl (C=O) groups is 1. The van der Waals surface area contributed by atoms with Crippen LogP contribution in [0.1, 0.15) is 46.0 Å². The Balaban J connectivity index is 1.85. The molecule has 154 valence electrons. The molecular formula is C21H23F5O2. The van der Waals surface area contributed by atoms with Gasteiger partial charge in [-0.2, -0.15) is 22.0 Å². The standard InChI is InChI=1S/C21H23F5O2/c1-11-9-12-10-13(27)3-4-14(12)15-5-7-18(2)16(17(11)15)6-8-19(18,28)20(22,23)21(24,25)26/h5,7,10-11,16-17,28H,3-4,6,8-9H2,1-2H3/t11-,16?,17?,18-,19-/m0/s1. The summed E-state index contributed by atoms with van der Waals surface area (Å²) in [5.41, 5.74) is -1.93. The molecular weight excluding hydrogens is 379 g/mol. The maximum Gasteiger partial charge on any atom is 0.456 e. The summed E-state index contributed by atoms with van der Waals surface area (Å²) in [6.07, 6.45) is -0.107. The van der Waals surface area contributed by atoms with Gasteiger partial charge in [0.25, 0.3) is 0 Å². The number of hydrogen-bond acceptors (Lipinski definition) is 2. The van der Waals surface area contributed by atoms with E-state index < -0.39 is 35.5 Å². The molecule has 0 heterocycles. The summed E-state index contributed by atoms with van der Waals surface area (Å²) in [7, 11) is 0. The number of fused-ring (bicyclic) bond motifs is 4. The maximum absolute atomic E-state index is 14.4. The number of halogens is 5. The Kier molecular flexibility index (Phi) is 4.08. The van der Waals surface area contributed by atoms with Gasteiger partial charge in [-0.15, -0.1) is 0 Å². The molecule has 0 aromatic rings. The molecule has 0 amide bonds. The van der Waals surface area contributed by atoms with Gasteiger partial charge in [0, 0.05) is 11.8 Å². The van der Waals surface area contributed by atoms with Gasteiger partial charge in [-0.05, 0) is 66.2 Å². The number of aliphatic hydroxyl groups is 1. The Hall–Kier alpha value is -1.50. The van der Waals surface area contributed by atoms with Crippen LogP contribution in [0, 0.1) is 23.2 Å². The van der Waals surface area contributed by atoms with E-state index >= 15 is 0 Å². The lowest BCUT2D eigenvalue weighted by molar-refractivity contribution is -0.356. The van der Waals surface area contributed by atoms with Gasteiger partial charge in [0.15, 0.2) is 5.78 Å². The maximum atomic E-state index is 14.4. The smallest absolute Gasteiger partial charge is 0.382 e. The lowest BCUT2D eigenvalue weighted by Gasteiger charge is -2.52. The predicted molar refractivity (Wildman–Crippen MR) is 92.5 cm³/mol. The van der Waals surface area contributed by atoms with Gasteiger partial charge in [-0.25, -0.2) is 0 Å². The normalized spacial score (nSPS) is 40.8. The van der Waals surface area contributed by atoms with Crippen molar-refractivity contribution in [3.05, 3.63) is 34.9 Å². The van der Waals surface area contributed by atoms with Crippen molar-refractivity contribution in [2.45, 2.75) is 63.7 Å². The Labute approximate surface area is 160 Å². The molecule has 0 spiro atoms. The van der Waals surface area contributed by atoms with Crippen LogP contribution in [0.15, 0.2) is 34.9 Å². The topological polar surface area (TPSA) is 37.3 Å². The summed E-state index contributed by atoms with van der Waals surface area (Å²) in [6, 6.07) is 0. The summed E-state index contributed by atoms with van der Waals surface area (Å²) in [4.78, 5) is 11.8. The van der Waals surface area contributed by atoms with E-state index in [-0.39, 0.29) is 24.0 Å². The van der Waals surface area contributed by atoms with Crippen LogP contribution in [0.2, 0.25) is 0 Å². The lowest BCUT2D eigenvalue weighted by atomic mass is 9.55. The van der Waals surface area contributed by atoms with Crippen molar-refractivity contribution in [1.82, 2.24) is 0 Å². The highest BCUT2D eigenvalue weighted by Gasteiger charge is 2.78. The molecule has 1 N–H and O–H groups in total. The molecule has 2 unspecified atom stereocenters. The average molecular weight is 402 g/mol. The third-order valence-corrected chi connectivity index (χ3v) is 7.60. The van der Waals surface area contributed by atoms with E-state index in [2.05, 4.69) is 0 Å². The van der Waals surface area contributed by atoms with Gasteiger partial charge in [-0.3, -0.25) is 4.79 Å². The second kappa shape index (κ2) is 5.77. The first-order valence-electron chi connectivity index (χ1n) is 9.66. The highest BCUT2D eigenvalue weighted by molar-refractivity contribution is 5.93. The van der Waals surface area contributed by atoms with E-state index in [4.69, 9.17) is 0 Å². The van der Waals surface area contributed by atoms with Crippen LogP contribution in [0.3, 0.4) is 0 Å². The Bertz CT molecular complexity index is 821. The molecule has 0 bridgehead atoms. The van der Waals surface area contributed by atoms with Crippen LogP contribution < -0.4 is 0 Å². The fourth-order valence-electron chi connectivity index (χ4n) is 6.13. The van der Waals surface area contributed by atoms with Gasteiger partial charge >= 0.3 is 12.1 Å². The third-order valence-electron chi connectivity index (χ3n) is 7.60. The monoisotopic (exact) mass is 402 g/mol. The van der Waals surface area contributed by atoms with Crippen molar-refractivity contribution in [3.63, 3.8) is 0 Å². The van der Waals surface area contributed by atoms with E-state index in [0.717, 1.165) is 16.7 Å². The molecule has 4 rings (SSSR count). The average Bonchev–Trinajstić information content (AvgIpc) is 2.86. The van der Waals surface area contributed by atoms with E-state index in [1.807, 2.05) is 6.92 Å². The number of hydrogen-bond donors (Lipinski definition) is 1. The molecule has 0 radical (unpaired) electrons. The van der Waals surface area contributed by atoms with Gasteiger partial charge in [-0.1, -0.05) is 26.0 Å². The summed E-state index contributed by atoms with van der Waals surface area (Å²) >= 11 is 0. The summed E-state index contributed by atoms with van der Waals surface area (Å²) in [5, 5.41) is 10.8. The summed E-state index contributed by atoms with van der Waals surface area (Å²) in [6.45, 7) is 3.28. The van der Waals surface area contributed by atoms with Crippen molar-refractivity contribution in [2.75, 3.05) is 0 Å². The largest absolute Gasteiger partial charge is 0.456 e. The highest BCUT2D eigenvalue weighted by Crippen LogP contribution is 2.67. The van der Waals surface area contributed by atoms with Crippen LogP contribution in [-0.2, 0) is 4.79 Å². The Morgan fingerprint density at radius 2 is 1.86 bits per heavy atom. The van der Waals surface area contributed by atoms with Crippen molar-refractivity contribution in [3.8, 4) is 0 Å². The molecule has 2 nitrogen and oxygen atoms in total. The Morgan fingerprint density at radius 1 is 1.18 bits per heavy atom. The van der Waals surface area contributed by atoms with Crippen LogP contribution >= 0.6 is 0 Å². The predicted octanol–water partition coefficient (Wildman–Crippen LogP) is 5.14. The number of carbonyl (C=O) groups excluding carboxylic acids is 1. The molecule has 0 aromatic carbocycles. The van der Waals surface area contributed by atoms with Crippen molar-refractivity contribution < 1.29 is 31.9 Å². The minimum absolute atomic E-state index is 0.00738. The fraction of sp³-hybridized carbons (Fsp3) is 0.667. The first-order valence-corrected chi connectivity index (χ1v) is 9.66. The minimum atomic E-state index is -5.82. The number of allylic oxidation sites excluding steroid dienone is 5. The van der Waals surface area contributed by atoms with Crippen molar-refractivity contribution in [2.24, 2.45) is 23.2 Å². The molecule has 0 aliphatic heterocycles. The van der Waals surface area contributed by atoms with Crippen molar-refractivity contribution in [1.29, 1.82) is 0 Å². The highest BCUT2D eigenvalue weighted by atomic mass is 19.4. The number of ketones is 1. The molecule has 1 fully saturated rings. The van der Waals surface area contributed by atoms with E-state index in [1.165, 1.54) is 13.0 Å². The zero-order chi connectivity index (χ0) is 20.7. The zero-order valence-corrected chi connectivity index (χ0v) is 15.7. The van der Waals surface area contributed by atoms with E-state index in [0.29, 0.717) is 19.3 Å². The Morgan fingerprint density at radius 3 is 2.50 bits per heavy atom. The molecule has 4 aliphatic carbocycles. The second-order valence-corrected chi connectivity index (χ2v) is 8.97. The van der Waals surface area contributed by atoms with Crippen LogP contribution in [-0.4, -0.2) is 28.6 Å². The molecule has 5 atom stereocenters. The van der Waals surface area contributed by atoms with Gasteiger partial charge in [0.05, 0.1) is 0 Å². The lowest BCUT2D eigenvalue weighted by Crippen LogP contribution is -2.64. The summed E-state index contributed by atoms with van der Waals surface area (Å²) in [5.74, 6) is -5.85. The zero-order valence-electron chi connectivity index (χ0n) is 15.7. The fourth-order valence-corrected chi connectivity index (χ4v) is 6.13. The van der Waals surface area contributed by atoms with Gasteiger partial charge in [0.1, 0.15) is 5.60 Å². The van der Waals surface area contributed by atoms with Crippen LogP contribution in [0.5, 0.6) is 0 Å². The third kappa shape index (κ3) is 2.31. The van der Waals surface area contributed by atoms with Gasteiger partial charge < -0.3 is 5.11 Å². The van der Waals surface area contributed by atoms with Gasteiger partial charge in [0.2, 0.25) is 0 Å². The number of alkyl halides is 5. The molecule has 0 saturated heterocycles. The minimum Gasteiger partial charge on any atom is -0.382 e. The van der Waals surface area contributed by atoms with Crippen LogP contribution in [0.4, 0.5) is 22.0 Å². The van der Waals surface area contributed by atoms with Crippen LogP contribution in [0.25, 0.3) is 0 Å². The summed E-state index contributed by atoms with van der Waals surface area (Å²) < 4.78 is 68.2. The molecule has 0 aromatic heterocycles. The molecule has 7 heteroatoms. The second-order valence-electron chi connectivity index (χ2n) is 8.97. The van der Waals surface area contributed by atoms with E-state index in [9.17, 15) is 31.9 Å². The SMILES string of the molecule is C[C@H]1CC2=CC(=O)CCC2=C2C=C[C@@]3(C)C(CC[C@@]3(O)C(F)(F)C(F)(F)F)C21. The molecule has 1 saturated carbocycles.